The van der Waals surface area contributed by atoms with Gasteiger partial charge in [-0.25, -0.2) is 8.42 Å². The number of quaternary nitrogens is 1. The number of hydroxylamine groups is 2. The maximum atomic E-state index is 14.0. The van der Waals surface area contributed by atoms with E-state index >= 15 is 0 Å². The van der Waals surface area contributed by atoms with Gasteiger partial charge < -0.3 is 15.0 Å². The molecule has 3 unspecified atom stereocenters. The van der Waals surface area contributed by atoms with Gasteiger partial charge in [-0.1, -0.05) is 60.1 Å². The van der Waals surface area contributed by atoms with Gasteiger partial charge in [-0.05, 0) is 38.0 Å². The first-order chi connectivity index (χ1) is 13.8. The summed E-state index contributed by atoms with van der Waals surface area (Å²) in [6.07, 6.45) is 1.80. The average Bonchev–Trinajstić information content (AvgIpc) is 2.70. The van der Waals surface area contributed by atoms with Crippen molar-refractivity contribution in [1.82, 2.24) is 0 Å². The van der Waals surface area contributed by atoms with E-state index in [1.807, 2.05) is 6.07 Å². The van der Waals surface area contributed by atoms with Crippen LogP contribution in [0, 0.1) is 11.1 Å². The van der Waals surface area contributed by atoms with Gasteiger partial charge in [0.2, 0.25) is 14.7 Å². The second kappa shape index (κ2) is 8.76. The Bertz CT molecular complexity index is 963. The van der Waals surface area contributed by atoms with E-state index in [0.717, 1.165) is 18.2 Å². The molecule has 0 saturated heterocycles. The Morgan fingerprint density at radius 3 is 2.48 bits per heavy atom. The topological polar surface area (TPSA) is 70.9 Å². The maximum Gasteiger partial charge on any atom is 0.239 e. The minimum atomic E-state index is -3.97. The summed E-state index contributed by atoms with van der Waals surface area (Å²) >= 11 is 3.41. The number of ether oxygens (including phenoxy) is 1. The van der Waals surface area contributed by atoms with Crippen LogP contribution in [0.2, 0.25) is 0 Å². The minimum absolute atomic E-state index is 0.245. The number of hydrogen-bond acceptors (Lipinski definition) is 4. The summed E-state index contributed by atoms with van der Waals surface area (Å²) in [5.41, 5.74) is 1.02. The quantitative estimate of drug-likeness (QED) is 0.368. The molecule has 0 spiro atoms. The van der Waals surface area contributed by atoms with E-state index in [0.29, 0.717) is 23.5 Å². The zero-order chi connectivity index (χ0) is 21.2. The normalized spacial score (nSPS) is 25.6. The number of benzene rings is 2. The van der Waals surface area contributed by atoms with Gasteiger partial charge in [-0.15, -0.1) is 0 Å². The van der Waals surface area contributed by atoms with Crippen LogP contribution in [0.3, 0.4) is 0 Å². The fraction of sp³-hybridized carbons (Fsp3) is 0.455. The lowest BCUT2D eigenvalue weighted by Gasteiger charge is -2.51. The second-order valence-electron chi connectivity index (χ2n) is 7.76. The summed E-state index contributed by atoms with van der Waals surface area (Å²) in [7, 11) is -3.97. The van der Waals surface area contributed by atoms with Crippen LogP contribution < -0.4 is 9.80 Å². The largest absolute Gasteiger partial charge is 0.632 e. The molecule has 1 aliphatic heterocycles. The monoisotopic (exact) mass is 481 g/mol. The van der Waals surface area contributed by atoms with E-state index in [1.165, 1.54) is 0 Å². The number of nitrogens with one attached hydrogen (secondary N) is 1. The Kier molecular flexibility index (Phi) is 6.73. The third-order valence-corrected chi connectivity index (χ3v) is 9.00. The second-order valence-corrected chi connectivity index (χ2v) is 10.6. The number of sulfone groups is 1. The molecule has 158 valence electrons. The number of hydrogen-bond donors (Lipinski definition) is 1. The van der Waals surface area contributed by atoms with Crippen LogP contribution in [-0.2, 0) is 14.7 Å². The summed E-state index contributed by atoms with van der Waals surface area (Å²) in [5.74, 6) is 0.0161. The summed E-state index contributed by atoms with van der Waals surface area (Å²) in [6.45, 7) is 5.87. The smallest absolute Gasteiger partial charge is 0.239 e. The summed E-state index contributed by atoms with van der Waals surface area (Å²) in [5, 5.41) is 14.3. The van der Waals surface area contributed by atoms with E-state index in [4.69, 9.17) is 4.74 Å². The van der Waals surface area contributed by atoms with Crippen LogP contribution in [0.1, 0.15) is 50.8 Å². The molecule has 1 aliphatic rings. The molecule has 1 N–H and O–H groups in total. The molecule has 7 heteroatoms. The van der Waals surface area contributed by atoms with Crippen LogP contribution >= 0.6 is 15.9 Å². The fourth-order valence-corrected chi connectivity index (χ4v) is 7.39. The standard InChI is InChI=1S/C22H28BrNO4S/c1-16(2)22(19-11-5-6-12-20(19)28-15-9-8-14-23)24(25)17(3)18-10-4-7-13-21(18)29(22,26)27/h4-7,10-13,16-17,24H,8-9,14-15H2,1-3H3. The summed E-state index contributed by atoms with van der Waals surface area (Å²) < 4.78 is 33.9. The van der Waals surface area contributed by atoms with Gasteiger partial charge in [-0.2, -0.15) is 0 Å². The van der Waals surface area contributed by atoms with Gasteiger partial charge in [0, 0.05) is 16.8 Å². The van der Waals surface area contributed by atoms with Crippen molar-refractivity contribution in [3.8, 4) is 5.75 Å². The van der Waals surface area contributed by atoms with E-state index in [1.54, 1.807) is 63.2 Å². The molecule has 29 heavy (non-hydrogen) atoms. The Morgan fingerprint density at radius 1 is 1.14 bits per heavy atom. The predicted octanol–water partition coefficient (Wildman–Crippen LogP) is 3.98. The average molecular weight is 482 g/mol. The van der Waals surface area contributed by atoms with Crippen molar-refractivity contribution in [1.29, 1.82) is 0 Å². The maximum absolute atomic E-state index is 14.0. The van der Waals surface area contributed by atoms with Gasteiger partial charge in [0.05, 0.1) is 17.1 Å². The zero-order valence-corrected chi connectivity index (χ0v) is 19.4. The van der Waals surface area contributed by atoms with Crippen LogP contribution in [-0.4, -0.2) is 20.4 Å². The molecule has 2 aromatic carbocycles. The molecule has 2 aromatic rings. The highest BCUT2D eigenvalue weighted by atomic mass is 79.9. The molecular formula is C22H28BrNO4S. The fourth-order valence-electron chi connectivity index (χ4n) is 4.31. The van der Waals surface area contributed by atoms with Gasteiger partial charge in [0.1, 0.15) is 11.8 Å². The lowest BCUT2D eigenvalue weighted by molar-refractivity contribution is -0.931. The Morgan fingerprint density at radius 2 is 1.79 bits per heavy atom. The molecule has 0 fully saturated rings. The number of fused-ring (bicyclic) bond motifs is 1. The first-order valence-electron chi connectivity index (χ1n) is 9.96. The van der Waals surface area contributed by atoms with Gasteiger partial charge in [0.15, 0.2) is 0 Å². The molecule has 3 atom stereocenters. The predicted molar refractivity (Wildman–Crippen MR) is 118 cm³/mol. The molecule has 0 amide bonds. The first-order valence-corrected chi connectivity index (χ1v) is 12.6. The van der Waals surface area contributed by atoms with Gasteiger partial charge >= 0.3 is 0 Å². The number of alkyl halides is 1. The van der Waals surface area contributed by atoms with E-state index in [9.17, 15) is 13.6 Å². The highest BCUT2D eigenvalue weighted by Gasteiger charge is 2.61. The van der Waals surface area contributed by atoms with E-state index < -0.39 is 26.7 Å². The Labute approximate surface area is 181 Å². The van der Waals surface area contributed by atoms with Crippen molar-refractivity contribution in [3.63, 3.8) is 0 Å². The number of para-hydroxylation sites is 1. The first kappa shape index (κ1) is 22.3. The summed E-state index contributed by atoms with van der Waals surface area (Å²) in [6, 6.07) is 13.4. The van der Waals surface area contributed by atoms with Crippen molar-refractivity contribution >= 4 is 25.8 Å². The third kappa shape index (κ3) is 3.52. The molecule has 0 radical (unpaired) electrons. The van der Waals surface area contributed by atoms with Crippen molar-refractivity contribution in [2.45, 2.75) is 49.4 Å². The molecule has 0 saturated carbocycles. The van der Waals surface area contributed by atoms with Gasteiger partial charge in [0.25, 0.3) is 0 Å². The number of halogens is 1. The van der Waals surface area contributed by atoms with Crippen molar-refractivity contribution in [3.05, 3.63) is 64.9 Å². The highest BCUT2D eigenvalue weighted by Crippen LogP contribution is 2.45. The van der Waals surface area contributed by atoms with Crippen LogP contribution in [0.4, 0.5) is 0 Å². The zero-order valence-electron chi connectivity index (χ0n) is 17.0. The molecule has 0 aromatic heterocycles. The molecule has 1 heterocycles. The van der Waals surface area contributed by atoms with Crippen molar-refractivity contribution < 1.29 is 18.2 Å². The van der Waals surface area contributed by atoms with Crippen LogP contribution in [0.25, 0.3) is 0 Å². The number of rotatable bonds is 7. The molecule has 0 bridgehead atoms. The lowest BCUT2D eigenvalue weighted by atomic mass is 9.91. The molecule has 0 aliphatic carbocycles. The lowest BCUT2D eigenvalue weighted by Crippen LogP contribution is -3.17. The SMILES string of the molecule is CC1c2ccccc2S(=O)(=O)C(c2ccccc2OCCCCBr)(C(C)C)[NH+]1[O-]. The minimum Gasteiger partial charge on any atom is -0.632 e. The highest BCUT2D eigenvalue weighted by molar-refractivity contribution is 9.09. The third-order valence-electron chi connectivity index (χ3n) is 5.74. The van der Waals surface area contributed by atoms with Crippen molar-refractivity contribution in [2.75, 3.05) is 11.9 Å². The van der Waals surface area contributed by atoms with E-state index in [-0.39, 0.29) is 9.96 Å². The Balaban J connectivity index is 2.22. The van der Waals surface area contributed by atoms with E-state index in [2.05, 4.69) is 15.9 Å². The summed E-state index contributed by atoms with van der Waals surface area (Å²) in [4.78, 5) is -1.43. The number of unbranched alkanes of at least 4 members (excludes halogenated alkanes) is 1. The van der Waals surface area contributed by atoms with Crippen LogP contribution in [0.15, 0.2) is 53.4 Å². The molecule has 5 nitrogen and oxygen atoms in total. The van der Waals surface area contributed by atoms with Crippen LogP contribution in [0.5, 0.6) is 5.75 Å². The van der Waals surface area contributed by atoms with Gasteiger partial charge in [-0.3, -0.25) is 0 Å². The Hall–Kier alpha value is -1.41. The van der Waals surface area contributed by atoms with Crippen molar-refractivity contribution in [2.24, 2.45) is 5.92 Å². The molecular weight excluding hydrogens is 454 g/mol. The molecule has 3 rings (SSSR count).